The molecule has 0 aromatic carbocycles. The van der Waals surface area contributed by atoms with Crippen LogP contribution in [0, 0.1) is 11.3 Å². The molecule has 0 fully saturated rings. The van der Waals surface area contributed by atoms with Gasteiger partial charge in [-0.1, -0.05) is 52.2 Å². The number of hydrogen-bond acceptors (Lipinski definition) is 0. The van der Waals surface area contributed by atoms with Gasteiger partial charge in [0.1, 0.15) is 0 Å². The van der Waals surface area contributed by atoms with Crippen LogP contribution in [0.4, 0.5) is 0 Å². The molecular weight excluding hydrogens is 130 g/mol. The maximum atomic E-state index is 6.03. The van der Waals surface area contributed by atoms with Crippen LogP contribution in [0.1, 0.15) is 41.0 Å². The lowest BCUT2D eigenvalue weighted by atomic mass is 9.38. The zero-order valence-electron chi connectivity index (χ0n) is 8.44. The average molecular weight is 148 g/mol. The van der Waals surface area contributed by atoms with E-state index >= 15 is 0 Å². The molecule has 60 valence electrons. The Morgan fingerprint density at radius 1 is 1.18 bits per heavy atom. The summed E-state index contributed by atoms with van der Waals surface area (Å²) in [4.78, 5) is 0. The number of hydrogen-bond donors (Lipinski definition) is 0. The summed E-state index contributed by atoms with van der Waals surface area (Å²) in [7, 11) is 12.1. The summed E-state index contributed by atoms with van der Waals surface area (Å²) in [5.41, 5.74) is 0.0150. The Morgan fingerprint density at radius 2 is 1.55 bits per heavy atom. The van der Waals surface area contributed by atoms with Crippen molar-refractivity contribution in [2.24, 2.45) is 11.3 Å². The van der Waals surface area contributed by atoms with E-state index in [1.807, 2.05) is 0 Å². The molecule has 0 heterocycles. The first-order valence-electron chi connectivity index (χ1n) is 4.33. The topological polar surface area (TPSA) is 0 Å². The Labute approximate surface area is 74.0 Å². The fourth-order valence-electron chi connectivity index (χ4n) is 1.09. The zero-order chi connectivity index (χ0) is 9.28. The predicted octanol–water partition coefficient (Wildman–Crippen LogP) is 2.53. The summed E-state index contributed by atoms with van der Waals surface area (Å²) in [6.07, 6.45) is 1.01. The fourth-order valence-corrected chi connectivity index (χ4v) is 1.09. The zero-order valence-corrected chi connectivity index (χ0v) is 8.44. The smallest absolute Gasteiger partial charge is 0.0631 e. The normalized spacial score (nSPS) is 14.0. The van der Waals surface area contributed by atoms with Gasteiger partial charge in [0.05, 0.1) is 15.7 Å². The van der Waals surface area contributed by atoms with Gasteiger partial charge in [-0.25, -0.2) is 0 Å². The van der Waals surface area contributed by atoms with Gasteiger partial charge in [-0.2, -0.15) is 0 Å². The maximum Gasteiger partial charge on any atom is 0.0631 e. The van der Waals surface area contributed by atoms with Gasteiger partial charge in [-0.15, -0.1) is 0 Å². The molecule has 0 saturated heterocycles. The van der Waals surface area contributed by atoms with Gasteiger partial charge in [0.25, 0.3) is 0 Å². The Bertz CT molecular complexity index is 126. The first-order valence-corrected chi connectivity index (χ1v) is 4.33. The van der Waals surface area contributed by atoms with E-state index in [1.54, 1.807) is 0 Å². The van der Waals surface area contributed by atoms with Gasteiger partial charge >= 0.3 is 0 Å². The first-order chi connectivity index (χ1) is 4.75. The highest BCUT2D eigenvalue weighted by Gasteiger charge is 2.36. The summed E-state index contributed by atoms with van der Waals surface area (Å²) in [5, 5.41) is -0.554. The Kier molecular flexibility index (Phi) is 3.28. The van der Waals surface area contributed by atoms with Crippen molar-refractivity contribution in [2.45, 2.75) is 46.3 Å². The van der Waals surface area contributed by atoms with Gasteiger partial charge in [-0.3, -0.25) is 0 Å². The quantitative estimate of drug-likeness (QED) is 0.539. The highest BCUT2D eigenvalue weighted by Crippen LogP contribution is 2.47. The largest absolute Gasteiger partial charge is 0.0919 e. The third kappa shape index (κ3) is 2.04. The van der Waals surface area contributed by atoms with E-state index in [0.29, 0.717) is 5.92 Å². The minimum Gasteiger partial charge on any atom is -0.0919 e. The highest BCUT2D eigenvalue weighted by molar-refractivity contribution is 6.40. The molecule has 0 N–H and O–H groups in total. The molecule has 0 amide bonds. The van der Waals surface area contributed by atoms with Crippen molar-refractivity contribution < 1.29 is 0 Å². The minimum atomic E-state index is -0.554. The van der Waals surface area contributed by atoms with Gasteiger partial charge in [-0.05, 0) is 5.41 Å². The molecule has 0 spiro atoms. The van der Waals surface area contributed by atoms with E-state index in [4.69, 9.17) is 15.7 Å². The van der Waals surface area contributed by atoms with Crippen LogP contribution >= 0.6 is 0 Å². The van der Waals surface area contributed by atoms with Crippen molar-refractivity contribution in [1.29, 1.82) is 0 Å². The highest BCUT2D eigenvalue weighted by atomic mass is 14.3. The molecule has 0 aromatic heterocycles. The van der Waals surface area contributed by atoms with Crippen molar-refractivity contribution in [1.82, 2.24) is 0 Å². The monoisotopic (exact) mass is 148 g/mol. The molecule has 0 rings (SSSR count). The maximum absolute atomic E-state index is 6.03. The molecule has 0 unspecified atom stereocenters. The van der Waals surface area contributed by atoms with Crippen molar-refractivity contribution >= 4 is 15.7 Å². The van der Waals surface area contributed by atoms with Crippen LogP contribution in [0.25, 0.3) is 0 Å². The second kappa shape index (κ2) is 3.25. The lowest BCUT2D eigenvalue weighted by molar-refractivity contribution is 0.244. The van der Waals surface area contributed by atoms with Gasteiger partial charge in [0.2, 0.25) is 0 Å². The fraction of sp³-hybridized carbons (Fsp3) is 1.00. The first kappa shape index (κ1) is 11.1. The minimum absolute atomic E-state index is 0.0150. The summed E-state index contributed by atoms with van der Waals surface area (Å²) in [6, 6.07) is 0. The van der Waals surface area contributed by atoms with Crippen LogP contribution in [0.3, 0.4) is 0 Å². The second-order valence-corrected chi connectivity index (χ2v) is 4.33. The third-order valence-electron chi connectivity index (χ3n) is 3.01. The van der Waals surface area contributed by atoms with Gasteiger partial charge in [0.15, 0.2) is 0 Å². The molecular formula is C9H18B2. The molecule has 0 aliphatic heterocycles. The van der Waals surface area contributed by atoms with Crippen LogP contribution in [0.5, 0.6) is 0 Å². The van der Waals surface area contributed by atoms with E-state index < -0.39 is 5.21 Å². The van der Waals surface area contributed by atoms with Crippen molar-refractivity contribution in [3.05, 3.63) is 0 Å². The summed E-state index contributed by atoms with van der Waals surface area (Å²) in [6.45, 7) is 10.5. The van der Waals surface area contributed by atoms with E-state index in [0.717, 1.165) is 6.42 Å². The van der Waals surface area contributed by atoms with Crippen molar-refractivity contribution in [3.8, 4) is 0 Å². The molecule has 0 aliphatic carbocycles. The molecule has 0 aromatic rings. The summed E-state index contributed by atoms with van der Waals surface area (Å²) >= 11 is 0. The molecule has 4 radical (unpaired) electrons. The van der Waals surface area contributed by atoms with E-state index in [-0.39, 0.29) is 5.41 Å². The average Bonchev–Trinajstić information content (AvgIpc) is 1.87. The Morgan fingerprint density at radius 3 is 1.64 bits per heavy atom. The van der Waals surface area contributed by atoms with E-state index in [2.05, 4.69) is 34.6 Å². The second-order valence-electron chi connectivity index (χ2n) is 4.33. The van der Waals surface area contributed by atoms with Crippen LogP contribution in [-0.4, -0.2) is 15.7 Å². The molecule has 11 heavy (non-hydrogen) atoms. The molecule has 0 saturated carbocycles. The van der Waals surface area contributed by atoms with Crippen molar-refractivity contribution in [2.75, 3.05) is 0 Å². The third-order valence-corrected chi connectivity index (χ3v) is 3.01. The Balaban J connectivity index is 4.53. The lowest BCUT2D eigenvalue weighted by Crippen LogP contribution is -2.36. The summed E-state index contributed by atoms with van der Waals surface area (Å²) in [5.74, 6) is 0.317. The number of rotatable bonds is 3. The van der Waals surface area contributed by atoms with Crippen LogP contribution in [-0.2, 0) is 0 Å². The lowest BCUT2D eigenvalue weighted by Gasteiger charge is -2.46. The SMILES string of the molecule is [B]C([B])(C(C)C)C(C)(C)CC. The van der Waals surface area contributed by atoms with Crippen LogP contribution < -0.4 is 0 Å². The summed E-state index contributed by atoms with van der Waals surface area (Å²) < 4.78 is 0. The molecule has 0 bridgehead atoms. The van der Waals surface area contributed by atoms with E-state index in [1.165, 1.54) is 0 Å². The predicted molar refractivity (Wildman–Crippen MR) is 53.1 cm³/mol. The van der Waals surface area contributed by atoms with Crippen LogP contribution in [0.15, 0.2) is 0 Å². The molecule has 0 nitrogen and oxygen atoms in total. The molecule has 0 atom stereocenters. The van der Waals surface area contributed by atoms with Crippen LogP contribution in [0.2, 0.25) is 5.21 Å². The van der Waals surface area contributed by atoms with Gasteiger partial charge < -0.3 is 0 Å². The Hall–Kier alpha value is 0.130. The standard InChI is InChI=1S/C9H18B2/c1-6-8(4,5)9(10,11)7(2)3/h7H,6H2,1-5H3. The molecule has 2 heteroatoms. The molecule has 0 aliphatic rings. The van der Waals surface area contributed by atoms with E-state index in [9.17, 15) is 0 Å². The van der Waals surface area contributed by atoms with Crippen molar-refractivity contribution in [3.63, 3.8) is 0 Å². The van der Waals surface area contributed by atoms with Gasteiger partial charge in [0, 0.05) is 0 Å².